The van der Waals surface area contributed by atoms with Crippen LogP contribution in [0, 0.1) is 19.8 Å². The third kappa shape index (κ3) is 3.29. The standard InChI is InChI=1S/C16H28N4/c1-4-6-14-7-5-9-20(10-8-14)16-15(11-17)12(2)13(3)18-19-16/h14H,4-11,17H2,1-3H3. The number of nitrogens with zero attached hydrogens (tertiary/aromatic N) is 3. The highest BCUT2D eigenvalue weighted by atomic mass is 15.3. The van der Waals surface area contributed by atoms with Crippen LogP contribution >= 0.6 is 0 Å². The van der Waals surface area contributed by atoms with Gasteiger partial charge in [0.05, 0.1) is 5.69 Å². The molecule has 0 aromatic carbocycles. The first-order chi connectivity index (χ1) is 9.67. The van der Waals surface area contributed by atoms with Crippen molar-refractivity contribution in [2.75, 3.05) is 18.0 Å². The first-order valence-corrected chi connectivity index (χ1v) is 7.95. The summed E-state index contributed by atoms with van der Waals surface area (Å²) in [6.07, 6.45) is 6.52. The molecule has 1 aromatic rings. The maximum atomic E-state index is 5.95. The monoisotopic (exact) mass is 276 g/mol. The van der Waals surface area contributed by atoms with Crippen molar-refractivity contribution in [3.05, 3.63) is 16.8 Å². The molecule has 2 heterocycles. The second kappa shape index (κ2) is 7.02. The van der Waals surface area contributed by atoms with Crippen LogP contribution in [0.1, 0.15) is 55.8 Å². The van der Waals surface area contributed by atoms with Crippen molar-refractivity contribution in [1.82, 2.24) is 10.2 Å². The Hall–Kier alpha value is -1.16. The van der Waals surface area contributed by atoms with Crippen LogP contribution in [-0.2, 0) is 6.54 Å². The van der Waals surface area contributed by atoms with E-state index in [1.54, 1.807) is 0 Å². The molecule has 1 saturated heterocycles. The third-order valence-corrected chi connectivity index (χ3v) is 4.61. The van der Waals surface area contributed by atoms with Gasteiger partial charge in [0.2, 0.25) is 0 Å². The number of hydrogen-bond donors (Lipinski definition) is 1. The molecule has 1 fully saturated rings. The molecule has 0 aliphatic carbocycles. The van der Waals surface area contributed by atoms with Crippen molar-refractivity contribution in [1.29, 1.82) is 0 Å². The van der Waals surface area contributed by atoms with E-state index in [1.807, 2.05) is 6.92 Å². The van der Waals surface area contributed by atoms with Crippen molar-refractivity contribution in [3.8, 4) is 0 Å². The SMILES string of the molecule is CCCC1CCCN(c2nnc(C)c(C)c2CN)CC1. The topological polar surface area (TPSA) is 55.0 Å². The van der Waals surface area contributed by atoms with Gasteiger partial charge < -0.3 is 10.6 Å². The van der Waals surface area contributed by atoms with E-state index in [4.69, 9.17) is 5.73 Å². The van der Waals surface area contributed by atoms with Crippen LogP contribution < -0.4 is 10.6 Å². The molecule has 0 spiro atoms. The van der Waals surface area contributed by atoms with E-state index in [9.17, 15) is 0 Å². The van der Waals surface area contributed by atoms with E-state index < -0.39 is 0 Å². The molecule has 0 radical (unpaired) electrons. The summed E-state index contributed by atoms with van der Waals surface area (Å²) in [6, 6.07) is 0. The van der Waals surface area contributed by atoms with E-state index >= 15 is 0 Å². The molecule has 112 valence electrons. The van der Waals surface area contributed by atoms with Gasteiger partial charge in [0, 0.05) is 25.2 Å². The highest BCUT2D eigenvalue weighted by Gasteiger charge is 2.21. The zero-order chi connectivity index (χ0) is 14.5. The number of rotatable bonds is 4. The van der Waals surface area contributed by atoms with Gasteiger partial charge in [-0.1, -0.05) is 19.8 Å². The van der Waals surface area contributed by atoms with E-state index in [2.05, 4.69) is 28.9 Å². The van der Waals surface area contributed by atoms with Crippen LogP contribution in [0.15, 0.2) is 0 Å². The van der Waals surface area contributed by atoms with Gasteiger partial charge in [0.1, 0.15) is 0 Å². The minimum absolute atomic E-state index is 0.548. The molecular weight excluding hydrogens is 248 g/mol. The van der Waals surface area contributed by atoms with Gasteiger partial charge in [-0.15, -0.1) is 5.10 Å². The number of hydrogen-bond acceptors (Lipinski definition) is 4. The molecule has 20 heavy (non-hydrogen) atoms. The zero-order valence-corrected chi connectivity index (χ0v) is 13.2. The molecule has 4 nitrogen and oxygen atoms in total. The van der Waals surface area contributed by atoms with E-state index in [-0.39, 0.29) is 0 Å². The molecular formula is C16H28N4. The second-order valence-electron chi connectivity index (χ2n) is 5.99. The van der Waals surface area contributed by atoms with Crippen molar-refractivity contribution in [2.45, 2.75) is 59.4 Å². The molecule has 0 saturated carbocycles. The van der Waals surface area contributed by atoms with Gasteiger partial charge in [-0.3, -0.25) is 0 Å². The van der Waals surface area contributed by atoms with Gasteiger partial charge in [-0.2, -0.15) is 5.10 Å². The zero-order valence-electron chi connectivity index (χ0n) is 13.2. The van der Waals surface area contributed by atoms with Crippen LogP contribution in [0.25, 0.3) is 0 Å². The summed E-state index contributed by atoms with van der Waals surface area (Å²) in [5, 5.41) is 8.74. The number of anilines is 1. The third-order valence-electron chi connectivity index (χ3n) is 4.61. The highest BCUT2D eigenvalue weighted by Crippen LogP contribution is 2.27. The lowest BCUT2D eigenvalue weighted by Crippen LogP contribution is -2.28. The Balaban J connectivity index is 2.17. The maximum Gasteiger partial charge on any atom is 0.156 e. The molecule has 1 atom stereocenters. The van der Waals surface area contributed by atoms with Crippen LogP contribution in [0.3, 0.4) is 0 Å². The van der Waals surface area contributed by atoms with Crippen LogP contribution in [-0.4, -0.2) is 23.3 Å². The highest BCUT2D eigenvalue weighted by molar-refractivity contribution is 5.50. The average Bonchev–Trinajstić information content (AvgIpc) is 2.68. The molecule has 1 aliphatic heterocycles. The minimum atomic E-state index is 0.548. The number of nitrogens with two attached hydrogens (primary N) is 1. The lowest BCUT2D eigenvalue weighted by atomic mass is 9.96. The van der Waals surface area contributed by atoms with E-state index in [0.29, 0.717) is 6.54 Å². The Morgan fingerprint density at radius 3 is 2.70 bits per heavy atom. The predicted molar refractivity (Wildman–Crippen MR) is 83.9 cm³/mol. The molecule has 4 heteroatoms. The Morgan fingerprint density at radius 2 is 2.00 bits per heavy atom. The van der Waals surface area contributed by atoms with E-state index in [0.717, 1.165) is 30.5 Å². The predicted octanol–water partition coefficient (Wildman–Crippen LogP) is 2.96. The second-order valence-corrected chi connectivity index (χ2v) is 5.99. The van der Waals surface area contributed by atoms with Gasteiger partial charge in [0.25, 0.3) is 0 Å². The van der Waals surface area contributed by atoms with Crippen LogP contribution in [0.5, 0.6) is 0 Å². The largest absolute Gasteiger partial charge is 0.355 e. The lowest BCUT2D eigenvalue weighted by molar-refractivity contribution is 0.435. The summed E-state index contributed by atoms with van der Waals surface area (Å²) < 4.78 is 0. The quantitative estimate of drug-likeness (QED) is 0.918. The summed E-state index contributed by atoms with van der Waals surface area (Å²) in [6.45, 7) is 9.12. The lowest BCUT2D eigenvalue weighted by Gasteiger charge is -2.24. The molecule has 1 unspecified atom stereocenters. The van der Waals surface area contributed by atoms with E-state index in [1.165, 1.54) is 43.2 Å². The van der Waals surface area contributed by atoms with Crippen molar-refractivity contribution in [2.24, 2.45) is 11.7 Å². The first kappa shape index (κ1) is 15.2. The summed E-state index contributed by atoms with van der Waals surface area (Å²) >= 11 is 0. The fourth-order valence-corrected chi connectivity index (χ4v) is 3.22. The molecule has 2 rings (SSSR count). The minimum Gasteiger partial charge on any atom is -0.355 e. The fraction of sp³-hybridized carbons (Fsp3) is 0.750. The fourth-order valence-electron chi connectivity index (χ4n) is 3.22. The normalized spacial score (nSPS) is 20.0. The smallest absolute Gasteiger partial charge is 0.156 e. The Kier molecular flexibility index (Phi) is 5.35. The number of aromatic nitrogens is 2. The van der Waals surface area contributed by atoms with Gasteiger partial charge >= 0.3 is 0 Å². The van der Waals surface area contributed by atoms with Gasteiger partial charge in [-0.05, 0) is 44.6 Å². The molecule has 1 aromatic heterocycles. The number of aryl methyl sites for hydroxylation is 1. The summed E-state index contributed by atoms with van der Waals surface area (Å²) in [4.78, 5) is 2.40. The van der Waals surface area contributed by atoms with Crippen molar-refractivity contribution in [3.63, 3.8) is 0 Å². The van der Waals surface area contributed by atoms with Crippen LogP contribution in [0.2, 0.25) is 0 Å². The average molecular weight is 276 g/mol. The summed E-state index contributed by atoms with van der Waals surface area (Å²) in [7, 11) is 0. The molecule has 0 bridgehead atoms. The van der Waals surface area contributed by atoms with Gasteiger partial charge in [0.15, 0.2) is 5.82 Å². The van der Waals surface area contributed by atoms with Crippen LogP contribution in [0.4, 0.5) is 5.82 Å². The molecule has 1 aliphatic rings. The molecule has 2 N–H and O–H groups in total. The Labute approximate surface area is 122 Å². The van der Waals surface area contributed by atoms with Gasteiger partial charge in [-0.25, -0.2) is 0 Å². The molecule has 0 amide bonds. The summed E-state index contributed by atoms with van der Waals surface area (Å²) in [5.74, 6) is 1.90. The first-order valence-electron chi connectivity index (χ1n) is 7.95. The van der Waals surface area contributed by atoms with Crippen molar-refractivity contribution >= 4 is 5.82 Å². The maximum absolute atomic E-state index is 5.95. The Bertz CT molecular complexity index is 444. The van der Waals surface area contributed by atoms with Crippen molar-refractivity contribution < 1.29 is 0 Å². The Morgan fingerprint density at radius 1 is 1.20 bits per heavy atom. The summed E-state index contributed by atoms with van der Waals surface area (Å²) in [5.41, 5.74) is 9.31.